The fraction of sp³-hybridized carbons (Fsp3) is 0.304. The summed E-state index contributed by atoms with van der Waals surface area (Å²) in [6.45, 7) is -0.817. The zero-order valence-corrected chi connectivity index (χ0v) is 16.8. The van der Waals surface area contributed by atoms with E-state index in [1.807, 2.05) is 24.3 Å². The van der Waals surface area contributed by atoms with E-state index >= 15 is 0 Å². The Bertz CT molecular complexity index is 1050. The SMILES string of the molecule is NCCC(O)(COCc1cc(C(F)(F)F)cc(C(F)(F)F)c1)c1ccc2ccccc2c1. The molecule has 0 heterocycles. The highest BCUT2D eigenvalue weighted by Gasteiger charge is 2.37. The molecule has 3 nitrogen and oxygen atoms in total. The summed E-state index contributed by atoms with van der Waals surface area (Å²) in [5.41, 5.74) is 1.40. The molecule has 0 bridgehead atoms. The van der Waals surface area contributed by atoms with Crippen LogP contribution in [0.5, 0.6) is 0 Å². The topological polar surface area (TPSA) is 55.5 Å². The van der Waals surface area contributed by atoms with E-state index < -0.39 is 35.7 Å². The first-order chi connectivity index (χ1) is 14.9. The predicted octanol–water partition coefficient (Wildman–Crippen LogP) is 5.63. The molecule has 0 radical (unpaired) electrons. The predicted molar refractivity (Wildman–Crippen MR) is 108 cm³/mol. The minimum atomic E-state index is -4.94. The maximum Gasteiger partial charge on any atom is 0.416 e. The van der Waals surface area contributed by atoms with Gasteiger partial charge < -0.3 is 15.6 Å². The van der Waals surface area contributed by atoms with Gasteiger partial charge in [0, 0.05) is 0 Å². The van der Waals surface area contributed by atoms with Crippen molar-refractivity contribution in [3.63, 3.8) is 0 Å². The van der Waals surface area contributed by atoms with Gasteiger partial charge in [-0.2, -0.15) is 26.3 Å². The Morgan fingerprint density at radius 2 is 1.34 bits per heavy atom. The Morgan fingerprint density at radius 1 is 0.750 bits per heavy atom. The van der Waals surface area contributed by atoms with Crippen molar-refractivity contribution >= 4 is 10.8 Å². The highest BCUT2D eigenvalue weighted by Crippen LogP contribution is 2.36. The highest BCUT2D eigenvalue weighted by molar-refractivity contribution is 5.83. The molecule has 9 heteroatoms. The highest BCUT2D eigenvalue weighted by atomic mass is 19.4. The molecule has 3 aromatic carbocycles. The molecule has 0 aliphatic rings. The van der Waals surface area contributed by atoms with Crippen molar-refractivity contribution in [3.05, 3.63) is 82.9 Å². The smallest absolute Gasteiger partial charge is 0.383 e. The van der Waals surface area contributed by atoms with Crippen LogP contribution in [0.2, 0.25) is 0 Å². The Balaban J connectivity index is 1.83. The molecule has 172 valence electrons. The summed E-state index contributed by atoms with van der Waals surface area (Å²) in [6.07, 6.45) is -9.80. The average Bonchev–Trinajstić information content (AvgIpc) is 2.72. The third-order valence-corrected chi connectivity index (χ3v) is 5.10. The van der Waals surface area contributed by atoms with Gasteiger partial charge in [-0.05, 0) is 59.1 Å². The van der Waals surface area contributed by atoms with Gasteiger partial charge in [0.1, 0.15) is 5.60 Å². The van der Waals surface area contributed by atoms with Crippen LogP contribution in [0.3, 0.4) is 0 Å². The monoisotopic (exact) mass is 457 g/mol. The molecule has 0 aromatic heterocycles. The number of alkyl halides is 6. The Hall–Kier alpha value is -2.62. The molecule has 0 saturated heterocycles. The molecule has 0 fully saturated rings. The van der Waals surface area contributed by atoms with E-state index in [0.29, 0.717) is 17.7 Å². The van der Waals surface area contributed by atoms with Crippen LogP contribution in [0.1, 0.15) is 28.7 Å². The molecule has 0 saturated carbocycles. The van der Waals surface area contributed by atoms with Crippen LogP contribution in [-0.4, -0.2) is 18.3 Å². The lowest BCUT2D eigenvalue weighted by molar-refractivity contribution is -0.143. The van der Waals surface area contributed by atoms with E-state index in [2.05, 4.69) is 0 Å². The largest absolute Gasteiger partial charge is 0.416 e. The van der Waals surface area contributed by atoms with Gasteiger partial charge in [0.15, 0.2) is 0 Å². The molecule has 0 aliphatic carbocycles. The molecule has 0 aliphatic heterocycles. The van der Waals surface area contributed by atoms with Gasteiger partial charge in [0.05, 0.1) is 24.3 Å². The Kier molecular flexibility index (Phi) is 6.83. The first-order valence-electron chi connectivity index (χ1n) is 9.70. The van der Waals surface area contributed by atoms with E-state index in [1.165, 1.54) is 0 Å². The number of ether oxygens (including phenoxy) is 1. The van der Waals surface area contributed by atoms with Crippen LogP contribution in [0.4, 0.5) is 26.3 Å². The van der Waals surface area contributed by atoms with Crippen LogP contribution in [0.15, 0.2) is 60.7 Å². The molecule has 0 spiro atoms. The number of hydrogen-bond donors (Lipinski definition) is 2. The van der Waals surface area contributed by atoms with Gasteiger partial charge in [-0.1, -0.05) is 36.4 Å². The van der Waals surface area contributed by atoms with Crippen molar-refractivity contribution in [1.29, 1.82) is 0 Å². The summed E-state index contributed by atoms with van der Waals surface area (Å²) in [4.78, 5) is 0. The lowest BCUT2D eigenvalue weighted by atomic mass is 9.89. The number of nitrogens with two attached hydrogens (primary N) is 1. The molecule has 3 rings (SSSR count). The van der Waals surface area contributed by atoms with Crippen molar-refractivity contribution in [2.75, 3.05) is 13.2 Å². The van der Waals surface area contributed by atoms with Gasteiger partial charge >= 0.3 is 12.4 Å². The zero-order valence-electron chi connectivity index (χ0n) is 16.8. The van der Waals surface area contributed by atoms with Crippen LogP contribution >= 0.6 is 0 Å². The molecular formula is C23H21F6NO2. The van der Waals surface area contributed by atoms with Crippen molar-refractivity contribution in [3.8, 4) is 0 Å². The minimum Gasteiger partial charge on any atom is -0.383 e. The van der Waals surface area contributed by atoms with Crippen LogP contribution in [0.25, 0.3) is 10.8 Å². The van der Waals surface area contributed by atoms with E-state index in [0.717, 1.165) is 10.8 Å². The summed E-state index contributed by atoms with van der Waals surface area (Å²) in [7, 11) is 0. The fourth-order valence-corrected chi connectivity index (χ4v) is 3.46. The maximum atomic E-state index is 13.0. The summed E-state index contributed by atoms with van der Waals surface area (Å²) in [5, 5.41) is 12.9. The van der Waals surface area contributed by atoms with E-state index in [-0.39, 0.29) is 31.2 Å². The Labute approximate surface area is 180 Å². The summed E-state index contributed by atoms with van der Waals surface area (Å²) >= 11 is 0. The van der Waals surface area contributed by atoms with Crippen molar-refractivity contribution in [2.45, 2.75) is 31.0 Å². The number of halogens is 6. The minimum absolute atomic E-state index is 0.0589. The van der Waals surface area contributed by atoms with Crippen LogP contribution in [-0.2, 0) is 29.3 Å². The molecule has 0 amide bonds. The number of hydrogen-bond acceptors (Lipinski definition) is 3. The molecule has 3 N–H and O–H groups in total. The maximum absolute atomic E-state index is 13.0. The summed E-state index contributed by atoms with van der Waals surface area (Å²) < 4.78 is 83.6. The lowest BCUT2D eigenvalue weighted by Gasteiger charge is -2.28. The molecular weight excluding hydrogens is 436 g/mol. The molecule has 32 heavy (non-hydrogen) atoms. The quantitative estimate of drug-likeness (QED) is 0.452. The molecule has 1 unspecified atom stereocenters. The number of benzene rings is 3. The standard InChI is InChI=1S/C23H21F6NO2/c24-22(25,26)19-9-15(10-20(12-19)23(27,28)29)13-32-14-21(31,7-8-30)18-6-5-16-3-1-2-4-17(16)11-18/h1-6,9-12,31H,7-8,13-14,30H2. The van der Waals surface area contributed by atoms with Crippen molar-refractivity contribution in [2.24, 2.45) is 5.73 Å². The van der Waals surface area contributed by atoms with Crippen molar-refractivity contribution in [1.82, 2.24) is 0 Å². The van der Waals surface area contributed by atoms with E-state index in [4.69, 9.17) is 10.5 Å². The first-order valence-corrected chi connectivity index (χ1v) is 9.70. The van der Waals surface area contributed by atoms with Gasteiger partial charge in [0.25, 0.3) is 0 Å². The van der Waals surface area contributed by atoms with Crippen molar-refractivity contribution < 1.29 is 36.2 Å². The fourth-order valence-electron chi connectivity index (χ4n) is 3.46. The van der Waals surface area contributed by atoms with Gasteiger partial charge in [-0.25, -0.2) is 0 Å². The second kappa shape index (κ2) is 9.09. The van der Waals surface area contributed by atoms with Gasteiger partial charge in [0.2, 0.25) is 0 Å². The lowest BCUT2D eigenvalue weighted by Crippen LogP contribution is -2.34. The third kappa shape index (κ3) is 5.59. The summed E-state index contributed by atoms with van der Waals surface area (Å²) in [6, 6.07) is 13.9. The van der Waals surface area contributed by atoms with E-state index in [9.17, 15) is 31.4 Å². The number of aliphatic hydroxyl groups is 1. The molecule has 1 atom stereocenters. The average molecular weight is 457 g/mol. The normalized spacial score (nSPS) is 14.5. The second-order valence-electron chi connectivity index (χ2n) is 7.54. The third-order valence-electron chi connectivity index (χ3n) is 5.10. The number of rotatable bonds is 7. The van der Waals surface area contributed by atoms with E-state index in [1.54, 1.807) is 18.2 Å². The first kappa shape index (κ1) is 24.0. The van der Waals surface area contributed by atoms with Gasteiger partial charge in [-0.3, -0.25) is 0 Å². The Morgan fingerprint density at radius 3 is 1.91 bits per heavy atom. The molecule has 3 aromatic rings. The van der Waals surface area contributed by atoms with Gasteiger partial charge in [-0.15, -0.1) is 0 Å². The second-order valence-corrected chi connectivity index (χ2v) is 7.54. The van der Waals surface area contributed by atoms with Crippen LogP contribution < -0.4 is 5.73 Å². The van der Waals surface area contributed by atoms with Crippen LogP contribution in [0, 0.1) is 0 Å². The zero-order chi connectivity index (χ0) is 23.6. The number of fused-ring (bicyclic) bond motifs is 1. The summed E-state index contributed by atoms with van der Waals surface area (Å²) in [5.74, 6) is 0.